The summed E-state index contributed by atoms with van der Waals surface area (Å²) in [6.45, 7) is 4.37. The number of hydrogen-bond acceptors (Lipinski definition) is 6. The minimum absolute atomic E-state index is 0.465. The molecule has 1 atom stereocenters. The van der Waals surface area contributed by atoms with Crippen LogP contribution in [0.4, 0.5) is 5.69 Å². The number of nitrogens with zero attached hydrogens (tertiary/aromatic N) is 2. The first kappa shape index (κ1) is 15.4. The second-order valence-corrected chi connectivity index (χ2v) is 5.54. The predicted molar refractivity (Wildman–Crippen MR) is 57.8 cm³/mol. The Morgan fingerprint density at radius 3 is 2.10 bits per heavy atom. The summed E-state index contributed by atoms with van der Waals surface area (Å²) in [7, 11) is -4.94. The van der Waals surface area contributed by atoms with Crippen molar-refractivity contribution in [1.82, 2.24) is 0 Å². The molecular formula is C12H17ClN2O5. The predicted octanol–water partition coefficient (Wildman–Crippen LogP) is -3.78. The van der Waals surface area contributed by atoms with Crippen molar-refractivity contribution in [1.29, 1.82) is 0 Å². The van der Waals surface area contributed by atoms with Gasteiger partial charge in [0.1, 0.15) is 6.10 Å². The van der Waals surface area contributed by atoms with Crippen LogP contribution in [-0.2, 0) is 11.3 Å². The van der Waals surface area contributed by atoms with Gasteiger partial charge in [0.2, 0.25) is 0 Å². The molecule has 3 heterocycles. The molecule has 0 N–H and O–H groups in total. The van der Waals surface area contributed by atoms with E-state index in [1.165, 1.54) is 31.6 Å². The molecule has 1 aromatic heterocycles. The van der Waals surface area contributed by atoms with Crippen LogP contribution in [0.2, 0.25) is 0 Å². The van der Waals surface area contributed by atoms with Crippen LogP contribution in [0.25, 0.3) is 0 Å². The van der Waals surface area contributed by atoms with Crippen molar-refractivity contribution in [3.05, 3.63) is 24.5 Å². The molecule has 3 rings (SSSR count). The maximum atomic E-state index is 8.49. The summed E-state index contributed by atoms with van der Waals surface area (Å²) >= 11 is 0. The van der Waals surface area contributed by atoms with E-state index in [9.17, 15) is 0 Å². The van der Waals surface area contributed by atoms with Gasteiger partial charge in [-0.2, -0.15) is 0 Å². The van der Waals surface area contributed by atoms with E-state index in [1.807, 2.05) is 0 Å². The fourth-order valence-electron chi connectivity index (χ4n) is 2.17. The molecule has 0 aromatic carbocycles. The van der Waals surface area contributed by atoms with Gasteiger partial charge in [0.05, 0.1) is 6.61 Å². The molecule has 2 aliphatic rings. The van der Waals surface area contributed by atoms with Crippen molar-refractivity contribution >= 4 is 5.69 Å². The van der Waals surface area contributed by atoms with E-state index >= 15 is 0 Å². The standard InChI is InChI=1S/C12H17N2O.ClHO4/c1-2-6-14(5-1)11-3-7-13(8-4-11)9-12-10-15-12;2-1(3,4)5/h3-4,7-8,12H,1-2,5-6,9-10H2;(H,2,3,4,5)/q+1;/p-1. The van der Waals surface area contributed by atoms with Gasteiger partial charge in [0, 0.05) is 30.9 Å². The normalized spacial score (nSPS) is 21.4. The number of aromatic nitrogens is 1. The number of anilines is 1. The van der Waals surface area contributed by atoms with Crippen LogP contribution in [0.5, 0.6) is 0 Å². The number of hydrogen-bond donors (Lipinski definition) is 0. The Balaban J connectivity index is 0.000000257. The van der Waals surface area contributed by atoms with Gasteiger partial charge in [0.15, 0.2) is 18.9 Å². The lowest BCUT2D eigenvalue weighted by molar-refractivity contribution is -2.00. The quantitative estimate of drug-likeness (QED) is 0.418. The number of epoxide rings is 1. The highest BCUT2D eigenvalue weighted by molar-refractivity contribution is 5.44. The highest BCUT2D eigenvalue weighted by Gasteiger charge is 2.27. The van der Waals surface area contributed by atoms with E-state index in [4.69, 9.17) is 23.4 Å². The lowest BCUT2D eigenvalue weighted by Crippen LogP contribution is -2.68. The molecule has 0 amide bonds. The van der Waals surface area contributed by atoms with E-state index in [0.29, 0.717) is 6.10 Å². The number of halogens is 1. The minimum Gasteiger partial charge on any atom is -0.371 e. The van der Waals surface area contributed by atoms with Gasteiger partial charge in [-0.05, 0) is 12.8 Å². The van der Waals surface area contributed by atoms with Crippen LogP contribution in [0.3, 0.4) is 0 Å². The van der Waals surface area contributed by atoms with Crippen molar-refractivity contribution in [2.24, 2.45) is 0 Å². The average molecular weight is 305 g/mol. The Hall–Kier alpha value is -0.960. The van der Waals surface area contributed by atoms with Crippen LogP contribution in [-0.4, -0.2) is 25.8 Å². The summed E-state index contributed by atoms with van der Waals surface area (Å²) < 4.78 is 41.4. The van der Waals surface area contributed by atoms with Gasteiger partial charge in [0.25, 0.3) is 0 Å². The molecule has 2 fully saturated rings. The van der Waals surface area contributed by atoms with Crippen LogP contribution >= 0.6 is 0 Å². The summed E-state index contributed by atoms with van der Waals surface area (Å²) in [5, 5.41) is 0. The number of pyridine rings is 1. The fourth-order valence-corrected chi connectivity index (χ4v) is 2.17. The molecule has 0 saturated carbocycles. The molecule has 7 nitrogen and oxygen atoms in total. The van der Waals surface area contributed by atoms with E-state index in [2.05, 4.69) is 34.0 Å². The lowest BCUT2D eigenvalue weighted by Gasteiger charge is -2.17. The molecule has 112 valence electrons. The van der Waals surface area contributed by atoms with Crippen LogP contribution in [0.1, 0.15) is 12.8 Å². The smallest absolute Gasteiger partial charge is 0.176 e. The van der Waals surface area contributed by atoms with E-state index in [1.54, 1.807) is 0 Å². The second-order valence-electron chi connectivity index (χ2n) is 4.78. The summed E-state index contributed by atoms with van der Waals surface area (Å²) in [5.41, 5.74) is 1.36. The summed E-state index contributed by atoms with van der Waals surface area (Å²) in [4.78, 5) is 2.46. The second kappa shape index (κ2) is 6.66. The van der Waals surface area contributed by atoms with Crippen LogP contribution < -0.4 is 28.1 Å². The number of rotatable bonds is 3. The van der Waals surface area contributed by atoms with E-state index in [-0.39, 0.29) is 0 Å². The topological polar surface area (TPSA) is 112 Å². The Morgan fingerprint density at radius 2 is 1.65 bits per heavy atom. The molecular weight excluding hydrogens is 288 g/mol. The first-order valence-electron chi connectivity index (χ1n) is 6.39. The zero-order valence-electron chi connectivity index (χ0n) is 10.9. The van der Waals surface area contributed by atoms with Gasteiger partial charge in [-0.1, -0.05) is 0 Å². The Bertz CT molecular complexity index is 407. The van der Waals surface area contributed by atoms with Gasteiger partial charge in [-0.25, -0.2) is 23.2 Å². The van der Waals surface area contributed by atoms with Gasteiger partial charge in [-0.15, -0.1) is 10.2 Å². The molecule has 0 aliphatic carbocycles. The van der Waals surface area contributed by atoms with E-state index < -0.39 is 10.2 Å². The maximum Gasteiger partial charge on any atom is 0.176 e. The van der Waals surface area contributed by atoms with Gasteiger partial charge < -0.3 is 9.64 Å². The molecule has 0 bridgehead atoms. The molecule has 0 radical (unpaired) electrons. The number of ether oxygens (including phenoxy) is 1. The third-order valence-corrected chi connectivity index (χ3v) is 3.16. The first-order valence-corrected chi connectivity index (χ1v) is 7.63. The zero-order chi connectivity index (χ0) is 14.6. The first-order chi connectivity index (χ1) is 9.42. The van der Waals surface area contributed by atoms with Crippen LogP contribution in [0, 0.1) is 10.2 Å². The Morgan fingerprint density at radius 1 is 1.15 bits per heavy atom. The van der Waals surface area contributed by atoms with E-state index in [0.717, 1.165) is 13.2 Å². The molecule has 8 heteroatoms. The van der Waals surface area contributed by atoms with Crippen molar-refractivity contribution in [2.75, 3.05) is 24.6 Å². The van der Waals surface area contributed by atoms with Crippen molar-refractivity contribution < 1.29 is 38.2 Å². The third kappa shape index (κ3) is 6.00. The third-order valence-electron chi connectivity index (χ3n) is 3.16. The van der Waals surface area contributed by atoms with Crippen molar-refractivity contribution in [3.8, 4) is 0 Å². The zero-order valence-corrected chi connectivity index (χ0v) is 11.7. The highest BCUT2D eigenvalue weighted by Crippen LogP contribution is 2.18. The highest BCUT2D eigenvalue weighted by atomic mass is 35.7. The molecule has 1 aromatic rings. The summed E-state index contributed by atoms with van der Waals surface area (Å²) in [6.07, 6.45) is 7.47. The van der Waals surface area contributed by atoms with Crippen molar-refractivity contribution in [2.45, 2.75) is 25.5 Å². The fraction of sp³-hybridized carbons (Fsp3) is 0.583. The molecule has 1 unspecified atom stereocenters. The Kier molecular flexibility index (Phi) is 5.14. The summed E-state index contributed by atoms with van der Waals surface area (Å²) in [6, 6.07) is 4.43. The molecule has 2 saturated heterocycles. The summed E-state index contributed by atoms with van der Waals surface area (Å²) in [5.74, 6) is 0. The molecule has 20 heavy (non-hydrogen) atoms. The lowest BCUT2D eigenvalue weighted by atomic mass is 10.3. The maximum absolute atomic E-state index is 8.49. The van der Waals surface area contributed by atoms with Crippen LogP contribution in [0.15, 0.2) is 24.5 Å². The monoisotopic (exact) mass is 304 g/mol. The van der Waals surface area contributed by atoms with Crippen molar-refractivity contribution in [3.63, 3.8) is 0 Å². The van der Waals surface area contributed by atoms with Gasteiger partial charge in [-0.3, -0.25) is 0 Å². The minimum atomic E-state index is -4.94. The Labute approximate surface area is 119 Å². The largest absolute Gasteiger partial charge is 0.371 e. The SMILES string of the molecule is [O-][Cl+3]([O-])([O-])[O-].c1c[n+](CC2CO2)ccc1N1CCCC1. The average Bonchev–Trinajstić information content (AvgIpc) is 3.00. The molecule has 2 aliphatic heterocycles. The van der Waals surface area contributed by atoms with Gasteiger partial charge >= 0.3 is 0 Å². The molecule has 0 spiro atoms.